The number of nitrogens with zero attached hydrogens (tertiary/aromatic N) is 6. The summed E-state index contributed by atoms with van der Waals surface area (Å²) in [5, 5.41) is 7.42. The number of carbonyl (C=O) groups excluding carboxylic acids is 3. The molecule has 6 heterocycles. The van der Waals surface area contributed by atoms with Gasteiger partial charge in [-0.3, -0.25) is 29.3 Å². The topological polar surface area (TPSA) is 99.6 Å². The van der Waals surface area contributed by atoms with Gasteiger partial charge in [0, 0.05) is 109 Å². The molecule has 12 aromatic rings. The summed E-state index contributed by atoms with van der Waals surface area (Å²) in [5.74, 6) is -0.0495. The maximum atomic E-state index is 13.2. The van der Waals surface area contributed by atoms with Gasteiger partial charge in [-0.15, -0.1) is 0 Å². The zero-order valence-electron chi connectivity index (χ0n) is 54.0. The second-order valence-electron chi connectivity index (χ2n) is 25.4. The van der Waals surface area contributed by atoms with Crippen molar-refractivity contribution in [2.75, 3.05) is 35.8 Å². The third-order valence-corrected chi connectivity index (χ3v) is 19.5. The molecule has 4 unspecified atom stereocenters. The van der Waals surface area contributed by atoms with Gasteiger partial charge in [0.15, 0.2) is 5.78 Å². The van der Waals surface area contributed by atoms with Crippen molar-refractivity contribution < 1.29 is 14.4 Å². The van der Waals surface area contributed by atoms with E-state index in [-0.39, 0.29) is 57.0 Å². The summed E-state index contributed by atoms with van der Waals surface area (Å²) in [6.45, 7) is 6.84. The molecule has 0 amide bonds. The number of aromatic nitrogens is 3. The minimum absolute atomic E-state index is 0. The van der Waals surface area contributed by atoms with Gasteiger partial charge in [0.05, 0.1) is 0 Å². The molecule has 458 valence electrons. The number of benzene rings is 9. The smallest absolute Gasteiger partial charge is 0.370 e. The standard InChI is InChI=1S/C28H26N2O.2C28H24N2O.Al/c3*1-28(19-20-10-4-3-5-11-20)26(18-25(31)23-14-8-9-17-29-23)30(2)24-16-15-21-12-6-7-13-22(21)27(24)28;/h3-17,26H,18-19H2,1-2H3;2*3-18H,19H2,1-2H3;/q;;;+3/b;2*26-18-;. The fraction of sp³-hybridized carbons (Fsp3) is 0.167. The third kappa shape index (κ3) is 12.2. The Morgan fingerprint density at radius 3 is 1.12 bits per heavy atom. The molecular weight excluding hydrogens is 1170 g/mol. The van der Waals surface area contributed by atoms with E-state index in [0.717, 1.165) is 42.0 Å². The van der Waals surface area contributed by atoms with E-state index in [0.29, 0.717) is 23.5 Å². The largest absolute Gasteiger partial charge is 3.00 e. The Morgan fingerprint density at radius 1 is 0.383 bits per heavy atom. The van der Waals surface area contributed by atoms with Crippen molar-refractivity contribution in [2.24, 2.45) is 0 Å². The number of ketones is 3. The summed E-state index contributed by atoms with van der Waals surface area (Å²) < 4.78 is 0. The van der Waals surface area contributed by atoms with E-state index in [2.05, 4.69) is 260 Å². The quantitative estimate of drug-likeness (QED) is 0.0635. The van der Waals surface area contributed by atoms with Gasteiger partial charge < -0.3 is 14.7 Å². The molecular formula is C84H74AlN6O3+3. The van der Waals surface area contributed by atoms with Crippen molar-refractivity contribution in [2.45, 2.75) is 68.7 Å². The van der Waals surface area contributed by atoms with Crippen LogP contribution >= 0.6 is 0 Å². The predicted molar refractivity (Wildman–Crippen MR) is 386 cm³/mol. The third-order valence-electron chi connectivity index (χ3n) is 19.5. The predicted octanol–water partition coefficient (Wildman–Crippen LogP) is 17.3. The zero-order valence-corrected chi connectivity index (χ0v) is 55.2. The Hall–Kier alpha value is -10.4. The number of hydrogen-bond acceptors (Lipinski definition) is 9. The molecule has 94 heavy (non-hydrogen) atoms. The second-order valence-corrected chi connectivity index (χ2v) is 25.4. The van der Waals surface area contributed by atoms with E-state index in [4.69, 9.17) is 0 Å². The molecule has 0 spiro atoms. The molecule has 10 heteroatoms. The normalized spacial score (nSPS) is 19.2. The van der Waals surface area contributed by atoms with Crippen LogP contribution in [0.2, 0.25) is 0 Å². The number of Topliss-reactive ketones (excluding diaryl/α,β-unsaturated/α-hetero) is 1. The SMILES string of the molecule is CN1/C(=C\C(=O)c2ccccn2)C(C)(Cc2ccccc2)c2c1ccc1ccccc21.CN1/C(=C\C(=O)c2ccccn2)C(C)(Cc2ccccc2)c2c1ccc1ccccc21.CN1c2ccc3ccccc3c2C(C)(Cc2ccccc2)C1CC(=O)c1ccccn1.[Al+3]. The van der Waals surface area contributed by atoms with Gasteiger partial charge in [0.2, 0.25) is 11.6 Å². The molecule has 0 N–H and O–H groups in total. The van der Waals surface area contributed by atoms with Gasteiger partial charge in [0.1, 0.15) is 17.1 Å². The number of pyridine rings is 3. The molecule has 3 aromatic heterocycles. The van der Waals surface area contributed by atoms with Crippen LogP contribution in [0.3, 0.4) is 0 Å². The van der Waals surface area contributed by atoms with Crippen molar-refractivity contribution in [3.8, 4) is 0 Å². The van der Waals surface area contributed by atoms with Crippen LogP contribution in [-0.2, 0) is 35.5 Å². The number of likely N-dealkylation sites (N-methyl/N-ethyl adjacent to an activating group) is 3. The first kappa shape index (κ1) is 63.8. The van der Waals surface area contributed by atoms with E-state index in [1.165, 1.54) is 71.4 Å². The summed E-state index contributed by atoms with van der Waals surface area (Å²) in [6.07, 6.45) is 11.5. The summed E-state index contributed by atoms with van der Waals surface area (Å²) >= 11 is 0. The van der Waals surface area contributed by atoms with Crippen LogP contribution in [0.25, 0.3) is 32.3 Å². The van der Waals surface area contributed by atoms with Crippen molar-refractivity contribution in [3.63, 3.8) is 0 Å². The van der Waals surface area contributed by atoms with E-state index < -0.39 is 0 Å². The van der Waals surface area contributed by atoms with Gasteiger partial charge in [-0.1, -0.05) is 207 Å². The minimum Gasteiger partial charge on any atom is -0.370 e. The number of hydrogen-bond donors (Lipinski definition) is 0. The Balaban J connectivity index is 0.000000135. The molecule has 0 saturated carbocycles. The number of allylic oxidation sites excluding steroid dienone is 4. The van der Waals surface area contributed by atoms with Gasteiger partial charge in [0.25, 0.3) is 0 Å². The van der Waals surface area contributed by atoms with Gasteiger partial charge >= 0.3 is 17.4 Å². The van der Waals surface area contributed by atoms with Crippen molar-refractivity contribution in [1.29, 1.82) is 0 Å². The fourth-order valence-corrected chi connectivity index (χ4v) is 15.1. The number of anilines is 3. The molecule has 9 aromatic carbocycles. The fourth-order valence-electron chi connectivity index (χ4n) is 15.1. The van der Waals surface area contributed by atoms with Crippen LogP contribution in [0.15, 0.2) is 297 Å². The van der Waals surface area contributed by atoms with Crippen LogP contribution in [0, 0.1) is 0 Å². The molecule has 0 radical (unpaired) electrons. The summed E-state index contributed by atoms with van der Waals surface area (Å²) in [7, 11) is 6.24. The zero-order chi connectivity index (χ0) is 64.3. The second kappa shape index (κ2) is 27.1. The van der Waals surface area contributed by atoms with Gasteiger partial charge in [-0.25, -0.2) is 0 Å². The van der Waals surface area contributed by atoms with Gasteiger partial charge in [-0.2, -0.15) is 0 Å². The molecule has 15 rings (SSSR count). The van der Waals surface area contributed by atoms with E-state index >= 15 is 0 Å². The average molecular weight is 1240 g/mol. The molecule has 4 atom stereocenters. The van der Waals surface area contributed by atoms with Crippen LogP contribution in [-0.4, -0.2) is 76.8 Å². The van der Waals surface area contributed by atoms with Crippen molar-refractivity contribution in [1.82, 2.24) is 15.0 Å². The maximum absolute atomic E-state index is 13.2. The molecule has 0 aliphatic carbocycles. The summed E-state index contributed by atoms with van der Waals surface area (Å²) in [4.78, 5) is 59.0. The van der Waals surface area contributed by atoms with E-state index in [9.17, 15) is 14.4 Å². The minimum atomic E-state index is -0.350. The van der Waals surface area contributed by atoms with Crippen LogP contribution in [0.5, 0.6) is 0 Å². The first-order valence-electron chi connectivity index (χ1n) is 31.9. The molecule has 3 aliphatic rings. The molecule has 3 aliphatic heterocycles. The van der Waals surface area contributed by atoms with E-state index in [1.807, 2.05) is 54.6 Å². The Labute approximate surface area is 562 Å². The van der Waals surface area contributed by atoms with Crippen molar-refractivity contribution in [3.05, 3.63) is 347 Å². The number of carbonyl (C=O) groups is 3. The maximum Gasteiger partial charge on any atom is 3.00 e. The molecule has 0 saturated heterocycles. The summed E-state index contributed by atoms with van der Waals surface area (Å²) in [5.41, 5.74) is 13.7. The number of rotatable bonds is 13. The number of fused-ring (bicyclic) bond motifs is 9. The molecule has 9 nitrogen and oxygen atoms in total. The van der Waals surface area contributed by atoms with Crippen molar-refractivity contribution >= 4 is 84.1 Å². The Kier molecular flexibility index (Phi) is 18.4. The first-order valence-corrected chi connectivity index (χ1v) is 31.9. The van der Waals surface area contributed by atoms with Crippen LogP contribution < -0.4 is 14.7 Å². The Bertz CT molecular complexity index is 4590. The van der Waals surface area contributed by atoms with E-state index in [1.54, 1.807) is 42.9 Å². The van der Waals surface area contributed by atoms with Crippen LogP contribution in [0.4, 0.5) is 17.1 Å². The van der Waals surface area contributed by atoms with Crippen LogP contribution in [0.1, 0.15) is 92.0 Å². The van der Waals surface area contributed by atoms with Gasteiger partial charge in [-0.05, 0) is 153 Å². The Morgan fingerprint density at radius 2 is 0.723 bits per heavy atom. The molecule has 0 bridgehead atoms. The summed E-state index contributed by atoms with van der Waals surface area (Å²) in [6, 6.07) is 86.8. The molecule has 0 fully saturated rings. The monoisotopic (exact) mass is 1240 g/mol. The average Bonchev–Trinajstić information content (AvgIpc) is 1.58. The first-order chi connectivity index (χ1) is 45.2.